The first-order valence-corrected chi connectivity index (χ1v) is 12.7. The fraction of sp³-hybridized carbons (Fsp3) is 0.333. The van der Waals surface area contributed by atoms with E-state index in [-0.39, 0.29) is 16.8 Å². The molecule has 5 rings (SSSR count). The number of anilines is 2. The molecule has 184 valence electrons. The summed E-state index contributed by atoms with van der Waals surface area (Å²) in [6.07, 6.45) is -0.264. The number of fused-ring (bicyclic) bond motifs is 1. The molecule has 0 radical (unpaired) electrons. The van der Waals surface area contributed by atoms with E-state index in [1.807, 2.05) is 4.90 Å². The van der Waals surface area contributed by atoms with Crippen molar-refractivity contribution in [1.82, 2.24) is 9.97 Å². The van der Waals surface area contributed by atoms with Crippen molar-refractivity contribution in [3.63, 3.8) is 0 Å². The molecule has 0 amide bonds. The van der Waals surface area contributed by atoms with Gasteiger partial charge in [-0.3, -0.25) is 0 Å². The van der Waals surface area contributed by atoms with E-state index in [2.05, 4.69) is 14.7 Å². The number of halogens is 3. The Kier molecular flexibility index (Phi) is 6.14. The topological polar surface area (TPSA) is 84.4 Å². The molecule has 7 nitrogen and oxygen atoms in total. The van der Waals surface area contributed by atoms with Crippen LogP contribution in [0.4, 0.5) is 24.8 Å². The van der Waals surface area contributed by atoms with E-state index in [0.717, 1.165) is 22.8 Å². The first kappa shape index (κ1) is 23.6. The number of morpholine rings is 1. The van der Waals surface area contributed by atoms with Crippen molar-refractivity contribution in [3.8, 4) is 0 Å². The second-order valence-electron chi connectivity index (χ2n) is 8.50. The van der Waals surface area contributed by atoms with Gasteiger partial charge in [0.1, 0.15) is 0 Å². The van der Waals surface area contributed by atoms with Crippen LogP contribution in [0, 0.1) is 0 Å². The third kappa shape index (κ3) is 4.83. The van der Waals surface area contributed by atoms with E-state index in [1.54, 1.807) is 24.3 Å². The number of hydrogen-bond donors (Lipinski definition) is 1. The SMILES string of the molecule is O=S(=O)(Nc1ncccn1)c1ccc2c(c1)CCC2c1ccc(C(F)(F)F)cc1N1CCOCC1. The van der Waals surface area contributed by atoms with Crippen LogP contribution < -0.4 is 9.62 Å². The lowest BCUT2D eigenvalue weighted by Gasteiger charge is -2.32. The number of aryl methyl sites for hydroxylation is 1. The fourth-order valence-electron chi connectivity index (χ4n) is 4.71. The van der Waals surface area contributed by atoms with Gasteiger partial charge in [0.15, 0.2) is 0 Å². The van der Waals surface area contributed by atoms with Crippen molar-refractivity contribution >= 4 is 21.7 Å². The van der Waals surface area contributed by atoms with Crippen LogP contribution in [-0.2, 0) is 27.4 Å². The van der Waals surface area contributed by atoms with Crippen LogP contribution in [0.15, 0.2) is 59.8 Å². The van der Waals surface area contributed by atoms with Crippen molar-refractivity contribution in [1.29, 1.82) is 0 Å². The molecule has 2 heterocycles. The molecular formula is C24H23F3N4O3S. The molecule has 1 aliphatic heterocycles. The van der Waals surface area contributed by atoms with Gasteiger partial charge < -0.3 is 9.64 Å². The lowest BCUT2D eigenvalue weighted by molar-refractivity contribution is -0.137. The van der Waals surface area contributed by atoms with E-state index in [9.17, 15) is 21.6 Å². The second kappa shape index (κ2) is 9.12. The molecule has 1 unspecified atom stereocenters. The number of sulfonamides is 1. The molecule has 0 spiro atoms. The molecule has 1 saturated heterocycles. The van der Waals surface area contributed by atoms with Gasteiger partial charge in [-0.25, -0.2) is 23.1 Å². The Balaban J connectivity index is 1.48. The number of nitrogens with one attached hydrogen (secondary N) is 1. The van der Waals surface area contributed by atoms with Gasteiger partial charge >= 0.3 is 6.18 Å². The summed E-state index contributed by atoms with van der Waals surface area (Å²) in [6.45, 7) is 1.93. The van der Waals surface area contributed by atoms with Crippen LogP contribution in [0.25, 0.3) is 0 Å². The van der Waals surface area contributed by atoms with Gasteiger partial charge in [0.05, 0.1) is 23.7 Å². The smallest absolute Gasteiger partial charge is 0.378 e. The summed E-state index contributed by atoms with van der Waals surface area (Å²) in [4.78, 5) is 9.82. The number of ether oxygens (including phenoxy) is 1. The Bertz CT molecular complexity index is 1330. The average Bonchev–Trinajstić information content (AvgIpc) is 3.27. The van der Waals surface area contributed by atoms with Crippen molar-refractivity contribution < 1.29 is 26.3 Å². The molecule has 11 heteroatoms. The predicted molar refractivity (Wildman–Crippen MR) is 124 cm³/mol. The van der Waals surface area contributed by atoms with E-state index in [1.165, 1.54) is 24.5 Å². The minimum atomic E-state index is -4.44. The lowest BCUT2D eigenvalue weighted by Crippen LogP contribution is -2.37. The summed E-state index contributed by atoms with van der Waals surface area (Å²) in [6, 6.07) is 10.4. The first-order valence-electron chi connectivity index (χ1n) is 11.2. The molecule has 0 bridgehead atoms. The summed E-state index contributed by atoms with van der Waals surface area (Å²) in [5.41, 5.74) is 2.47. The third-order valence-corrected chi connectivity index (χ3v) is 7.70. The number of alkyl halides is 3. The van der Waals surface area contributed by atoms with Crippen molar-refractivity contribution in [2.24, 2.45) is 0 Å². The molecule has 1 aromatic heterocycles. The van der Waals surface area contributed by atoms with Gasteiger partial charge in [0, 0.05) is 37.1 Å². The van der Waals surface area contributed by atoms with Crippen LogP contribution in [0.2, 0.25) is 0 Å². The largest absolute Gasteiger partial charge is 0.416 e. The quantitative estimate of drug-likeness (QED) is 0.561. The highest BCUT2D eigenvalue weighted by molar-refractivity contribution is 7.92. The molecule has 2 aromatic carbocycles. The van der Waals surface area contributed by atoms with Crippen molar-refractivity contribution in [2.75, 3.05) is 35.9 Å². The maximum absolute atomic E-state index is 13.5. The highest BCUT2D eigenvalue weighted by Crippen LogP contribution is 2.44. The summed E-state index contributed by atoms with van der Waals surface area (Å²) >= 11 is 0. The average molecular weight is 505 g/mol. The van der Waals surface area contributed by atoms with Crippen LogP contribution in [-0.4, -0.2) is 44.7 Å². The van der Waals surface area contributed by atoms with Crippen LogP contribution in [0.1, 0.15) is 34.6 Å². The zero-order valence-corrected chi connectivity index (χ0v) is 19.4. The monoisotopic (exact) mass is 504 g/mol. The second-order valence-corrected chi connectivity index (χ2v) is 10.2. The normalized spacial score (nSPS) is 18.4. The number of hydrogen-bond acceptors (Lipinski definition) is 6. The Morgan fingerprint density at radius 1 is 1.00 bits per heavy atom. The van der Waals surface area contributed by atoms with Crippen LogP contribution in [0.5, 0.6) is 0 Å². The Morgan fingerprint density at radius 2 is 1.71 bits per heavy atom. The van der Waals surface area contributed by atoms with E-state index in [4.69, 9.17) is 4.74 Å². The maximum atomic E-state index is 13.5. The highest BCUT2D eigenvalue weighted by Gasteiger charge is 2.34. The summed E-state index contributed by atoms with van der Waals surface area (Å²) < 4.78 is 73.9. The van der Waals surface area contributed by atoms with Crippen molar-refractivity contribution in [2.45, 2.75) is 29.8 Å². The Labute approximate surface area is 201 Å². The molecule has 35 heavy (non-hydrogen) atoms. The standard InChI is InChI=1S/C24H23F3N4O3S/c25-24(26,27)17-3-6-21(22(15-17)31-10-12-34-13-11-31)20-5-2-16-14-18(4-7-19(16)20)35(32,33)30-23-28-8-1-9-29-23/h1,3-4,6-9,14-15,20H,2,5,10-13H2,(H,28,29,30). The minimum Gasteiger partial charge on any atom is -0.378 e. The van der Waals surface area contributed by atoms with E-state index >= 15 is 0 Å². The molecule has 1 aliphatic carbocycles. The molecule has 1 fully saturated rings. The Morgan fingerprint density at radius 3 is 2.43 bits per heavy atom. The van der Waals surface area contributed by atoms with E-state index in [0.29, 0.717) is 44.8 Å². The van der Waals surface area contributed by atoms with Gasteiger partial charge in [0.25, 0.3) is 10.0 Å². The predicted octanol–water partition coefficient (Wildman–Crippen LogP) is 4.21. The summed E-state index contributed by atoms with van der Waals surface area (Å²) in [5.74, 6) is -0.155. The van der Waals surface area contributed by atoms with Crippen molar-refractivity contribution in [3.05, 3.63) is 77.1 Å². The summed E-state index contributed by atoms with van der Waals surface area (Å²) in [5, 5.41) is 0. The summed E-state index contributed by atoms with van der Waals surface area (Å²) in [7, 11) is -3.89. The fourth-order valence-corrected chi connectivity index (χ4v) is 5.72. The maximum Gasteiger partial charge on any atom is 0.416 e. The van der Waals surface area contributed by atoms with Crippen LogP contribution >= 0.6 is 0 Å². The molecule has 0 saturated carbocycles. The van der Waals surface area contributed by atoms with Gasteiger partial charge in [-0.1, -0.05) is 12.1 Å². The number of benzene rings is 2. The van der Waals surface area contributed by atoms with Gasteiger partial charge in [-0.05, 0) is 59.9 Å². The number of rotatable bonds is 5. The molecule has 1 atom stereocenters. The number of nitrogens with zero attached hydrogens (tertiary/aromatic N) is 3. The van der Waals surface area contributed by atoms with E-state index < -0.39 is 21.8 Å². The zero-order chi connectivity index (χ0) is 24.6. The molecule has 2 aliphatic rings. The lowest BCUT2D eigenvalue weighted by atomic mass is 9.90. The van der Waals surface area contributed by atoms with Gasteiger partial charge in [0.2, 0.25) is 5.95 Å². The van der Waals surface area contributed by atoms with Gasteiger partial charge in [-0.2, -0.15) is 13.2 Å². The highest BCUT2D eigenvalue weighted by atomic mass is 32.2. The Hall–Kier alpha value is -3.18. The molecule has 3 aromatic rings. The first-order chi connectivity index (χ1) is 16.7. The molecule has 1 N–H and O–H groups in total. The number of aromatic nitrogens is 2. The third-order valence-electron chi connectivity index (χ3n) is 6.38. The van der Waals surface area contributed by atoms with Gasteiger partial charge in [-0.15, -0.1) is 0 Å². The van der Waals surface area contributed by atoms with Crippen LogP contribution in [0.3, 0.4) is 0 Å². The zero-order valence-electron chi connectivity index (χ0n) is 18.6. The minimum absolute atomic E-state index is 0.0224. The molecular weight excluding hydrogens is 481 g/mol.